The second kappa shape index (κ2) is 6.04. The van der Waals surface area contributed by atoms with Crippen molar-refractivity contribution in [3.63, 3.8) is 0 Å². The van der Waals surface area contributed by atoms with Gasteiger partial charge in [0.2, 0.25) is 11.8 Å². The Morgan fingerprint density at radius 3 is 2.26 bits per heavy atom. The number of aliphatic carboxylic acids is 1. The van der Waals surface area contributed by atoms with Crippen LogP contribution in [0.25, 0.3) is 0 Å². The fourth-order valence-electron chi connectivity index (χ4n) is 2.19. The molecule has 0 aromatic heterocycles. The molecule has 2 atom stereocenters. The van der Waals surface area contributed by atoms with E-state index in [2.05, 4.69) is 5.32 Å². The summed E-state index contributed by atoms with van der Waals surface area (Å²) in [4.78, 5) is 36.4. The molecule has 2 amide bonds. The highest BCUT2D eigenvalue weighted by Gasteiger charge is 2.37. The van der Waals surface area contributed by atoms with Gasteiger partial charge in [-0.3, -0.25) is 9.59 Å². The maximum atomic E-state index is 12.0. The van der Waals surface area contributed by atoms with Crippen molar-refractivity contribution in [2.45, 2.75) is 46.2 Å². The Hall–Kier alpha value is -1.59. The molecule has 1 fully saturated rings. The van der Waals surface area contributed by atoms with E-state index in [-0.39, 0.29) is 30.2 Å². The second-order valence-electron chi connectivity index (χ2n) is 5.61. The lowest BCUT2D eigenvalue weighted by Crippen LogP contribution is -2.47. The molecule has 1 unspecified atom stereocenters. The highest BCUT2D eigenvalue weighted by Crippen LogP contribution is 2.20. The van der Waals surface area contributed by atoms with Gasteiger partial charge in [-0.25, -0.2) is 4.79 Å². The summed E-state index contributed by atoms with van der Waals surface area (Å²) >= 11 is 0. The maximum Gasteiger partial charge on any atom is 0.326 e. The van der Waals surface area contributed by atoms with Crippen LogP contribution < -0.4 is 5.32 Å². The van der Waals surface area contributed by atoms with E-state index >= 15 is 0 Å². The van der Waals surface area contributed by atoms with E-state index in [1.807, 2.05) is 13.8 Å². The fraction of sp³-hybridized carbons (Fsp3) is 0.769. The number of nitrogens with one attached hydrogen (secondary N) is 1. The number of carboxylic acid groups (broad SMARTS) is 1. The van der Waals surface area contributed by atoms with E-state index in [1.54, 1.807) is 18.7 Å². The average Bonchev–Trinajstić information content (AvgIpc) is 2.67. The lowest BCUT2D eigenvalue weighted by molar-refractivity contribution is -0.143. The van der Waals surface area contributed by atoms with Gasteiger partial charge in [-0.15, -0.1) is 0 Å². The quantitative estimate of drug-likeness (QED) is 0.760. The van der Waals surface area contributed by atoms with Crippen LogP contribution in [-0.2, 0) is 14.4 Å². The topological polar surface area (TPSA) is 86.7 Å². The van der Waals surface area contributed by atoms with Gasteiger partial charge in [0.15, 0.2) is 0 Å². The number of hydrogen-bond acceptors (Lipinski definition) is 3. The summed E-state index contributed by atoms with van der Waals surface area (Å²) in [6, 6.07) is -0.846. The number of amides is 2. The predicted octanol–water partition coefficient (Wildman–Crippen LogP) is 0.469. The summed E-state index contributed by atoms with van der Waals surface area (Å²) in [6.45, 7) is 7.63. The molecule has 6 heteroatoms. The van der Waals surface area contributed by atoms with Crippen molar-refractivity contribution >= 4 is 17.8 Å². The van der Waals surface area contributed by atoms with Crippen molar-refractivity contribution in [2.24, 2.45) is 11.8 Å². The van der Waals surface area contributed by atoms with Crippen LogP contribution in [0.5, 0.6) is 0 Å². The summed E-state index contributed by atoms with van der Waals surface area (Å²) in [7, 11) is 0. The van der Waals surface area contributed by atoms with Crippen LogP contribution in [0.1, 0.15) is 34.1 Å². The van der Waals surface area contributed by atoms with Crippen molar-refractivity contribution in [3.05, 3.63) is 0 Å². The number of carbonyl (C=O) groups is 3. The van der Waals surface area contributed by atoms with Crippen LogP contribution in [0.4, 0.5) is 0 Å². The number of rotatable bonds is 5. The van der Waals surface area contributed by atoms with Crippen molar-refractivity contribution in [2.75, 3.05) is 6.54 Å². The molecule has 1 aliphatic heterocycles. The maximum absolute atomic E-state index is 12.0. The van der Waals surface area contributed by atoms with Crippen molar-refractivity contribution in [1.29, 1.82) is 0 Å². The molecule has 19 heavy (non-hydrogen) atoms. The van der Waals surface area contributed by atoms with Gasteiger partial charge in [0.1, 0.15) is 6.04 Å². The van der Waals surface area contributed by atoms with E-state index in [9.17, 15) is 14.4 Å². The minimum atomic E-state index is -1.05. The molecule has 1 saturated heterocycles. The van der Waals surface area contributed by atoms with Gasteiger partial charge in [0.25, 0.3) is 0 Å². The largest absolute Gasteiger partial charge is 0.480 e. The molecule has 1 aliphatic rings. The Morgan fingerprint density at radius 1 is 1.32 bits per heavy atom. The first-order chi connectivity index (χ1) is 8.73. The molecule has 1 heterocycles. The molecule has 1 rings (SSSR count). The minimum Gasteiger partial charge on any atom is -0.480 e. The normalized spacial score (nSPS) is 21.1. The summed E-state index contributed by atoms with van der Waals surface area (Å²) in [5.74, 6) is -2.09. The molecule has 0 bridgehead atoms. The van der Waals surface area contributed by atoms with Crippen LogP contribution in [0.3, 0.4) is 0 Å². The molecular formula is C13H22N2O4. The third kappa shape index (κ3) is 3.68. The lowest BCUT2D eigenvalue weighted by atomic mass is 10.0. The van der Waals surface area contributed by atoms with Crippen molar-refractivity contribution < 1.29 is 19.5 Å². The Kier molecular flexibility index (Phi) is 4.91. The molecule has 108 valence electrons. The number of carboxylic acids is 1. The molecule has 0 spiro atoms. The van der Waals surface area contributed by atoms with Gasteiger partial charge in [0.05, 0.1) is 5.92 Å². The minimum absolute atomic E-state index is 0.0495. The molecule has 0 radical (unpaired) electrons. The Bertz CT molecular complexity index is 379. The van der Waals surface area contributed by atoms with Crippen molar-refractivity contribution in [1.82, 2.24) is 10.2 Å². The van der Waals surface area contributed by atoms with E-state index in [0.717, 1.165) is 0 Å². The molecule has 0 saturated carbocycles. The zero-order valence-corrected chi connectivity index (χ0v) is 11.8. The van der Waals surface area contributed by atoms with Crippen molar-refractivity contribution in [3.8, 4) is 0 Å². The lowest BCUT2D eigenvalue weighted by Gasteiger charge is -2.22. The third-order valence-electron chi connectivity index (χ3n) is 3.38. The van der Waals surface area contributed by atoms with E-state index in [4.69, 9.17) is 5.11 Å². The zero-order chi connectivity index (χ0) is 14.7. The Morgan fingerprint density at radius 2 is 1.89 bits per heavy atom. The molecule has 0 aliphatic carbocycles. The number of carbonyl (C=O) groups excluding carboxylic acids is 2. The summed E-state index contributed by atoms with van der Waals surface area (Å²) in [5.41, 5.74) is 0. The monoisotopic (exact) mass is 270 g/mol. The average molecular weight is 270 g/mol. The first-order valence-corrected chi connectivity index (χ1v) is 6.56. The van der Waals surface area contributed by atoms with Gasteiger partial charge in [-0.1, -0.05) is 13.8 Å². The van der Waals surface area contributed by atoms with Gasteiger partial charge in [0, 0.05) is 19.0 Å². The fourth-order valence-corrected chi connectivity index (χ4v) is 2.19. The molecule has 6 nitrogen and oxygen atoms in total. The molecular weight excluding hydrogens is 248 g/mol. The van der Waals surface area contributed by atoms with Crippen LogP contribution in [0.2, 0.25) is 0 Å². The van der Waals surface area contributed by atoms with Crippen LogP contribution in [-0.4, -0.2) is 46.4 Å². The van der Waals surface area contributed by atoms with Gasteiger partial charge >= 0.3 is 5.97 Å². The zero-order valence-electron chi connectivity index (χ0n) is 11.8. The molecule has 2 N–H and O–H groups in total. The number of hydrogen-bond donors (Lipinski definition) is 2. The summed E-state index contributed by atoms with van der Waals surface area (Å²) in [6.07, 6.45) is 0.161. The van der Waals surface area contributed by atoms with Gasteiger partial charge < -0.3 is 15.3 Å². The first kappa shape index (κ1) is 15.5. The van der Waals surface area contributed by atoms with Crippen LogP contribution >= 0.6 is 0 Å². The highest BCUT2D eigenvalue weighted by atomic mass is 16.4. The van der Waals surface area contributed by atoms with E-state index < -0.39 is 17.9 Å². The number of nitrogens with zero attached hydrogens (tertiary/aromatic N) is 1. The van der Waals surface area contributed by atoms with Crippen LogP contribution in [0.15, 0.2) is 0 Å². The third-order valence-corrected chi connectivity index (χ3v) is 3.38. The first-order valence-electron chi connectivity index (χ1n) is 6.56. The van der Waals surface area contributed by atoms with Gasteiger partial charge in [-0.05, 0) is 19.8 Å². The SMILES string of the molecule is CC(C)[C@@H](NC(=O)C1CC(=O)N(C(C)C)C1)C(=O)O. The van der Waals surface area contributed by atoms with E-state index in [0.29, 0.717) is 6.54 Å². The van der Waals surface area contributed by atoms with E-state index in [1.165, 1.54) is 0 Å². The smallest absolute Gasteiger partial charge is 0.326 e. The summed E-state index contributed by atoms with van der Waals surface area (Å²) < 4.78 is 0. The highest BCUT2D eigenvalue weighted by molar-refractivity contribution is 5.91. The number of likely N-dealkylation sites (tertiary alicyclic amines) is 1. The van der Waals surface area contributed by atoms with Crippen LogP contribution in [0, 0.1) is 11.8 Å². The molecule has 0 aromatic rings. The molecule has 0 aromatic carbocycles. The second-order valence-corrected chi connectivity index (χ2v) is 5.61. The standard InChI is InChI=1S/C13H22N2O4/c1-7(2)11(13(18)19)14-12(17)9-5-10(16)15(6-9)8(3)4/h7-9,11H,5-6H2,1-4H3,(H,14,17)(H,18,19)/t9?,11-/m1/s1. The Balaban J connectivity index is 2.65. The predicted molar refractivity (Wildman–Crippen MR) is 69.4 cm³/mol. The summed E-state index contributed by atoms with van der Waals surface area (Å²) in [5, 5.41) is 11.6. The van der Waals surface area contributed by atoms with Gasteiger partial charge in [-0.2, -0.15) is 0 Å². The Labute approximate surface area is 113 Å².